The molecule has 1 aliphatic rings. The van der Waals surface area contributed by atoms with Crippen molar-refractivity contribution in [2.45, 2.75) is 25.7 Å². The minimum absolute atomic E-state index is 0. The van der Waals surface area contributed by atoms with E-state index in [0.717, 1.165) is 48.3 Å². The van der Waals surface area contributed by atoms with E-state index >= 15 is 0 Å². The number of hydrogen-bond acceptors (Lipinski definition) is 6. The Balaban J connectivity index is 0.00000205. The Morgan fingerprint density at radius 2 is 2.00 bits per heavy atom. The fraction of sp³-hybridized carbons (Fsp3) is 0.333. The van der Waals surface area contributed by atoms with Gasteiger partial charge in [-0.2, -0.15) is 4.98 Å². The van der Waals surface area contributed by atoms with Crippen molar-refractivity contribution in [1.82, 2.24) is 30.0 Å². The lowest BCUT2D eigenvalue weighted by molar-refractivity contribution is 0.341. The van der Waals surface area contributed by atoms with Crippen LogP contribution in [0.1, 0.15) is 25.2 Å². The van der Waals surface area contributed by atoms with Gasteiger partial charge in [0.25, 0.3) is 0 Å². The van der Waals surface area contributed by atoms with Gasteiger partial charge in [0, 0.05) is 18.2 Å². The van der Waals surface area contributed by atoms with Crippen LogP contribution in [0, 0.1) is 5.92 Å². The van der Waals surface area contributed by atoms with Gasteiger partial charge in [0.05, 0.1) is 11.0 Å². The van der Waals surface area contributed by atoms with Crippen LogP contribution in [0.4, 0.5) is 0 Å². The van der Waals surface area contributed by atoms with Gasteiger partial charge in [0.15, 0.2) is 0 Å². The van der Waals surface area contributed by atoms with Gasteiger partial charge in [-0.25, -0.2) is 9.97 Å². The summed E-state index contributed by atoms with van der Waals surface area (Å²) in [5, 5.41) is 7.60. The van der Waals surface area contributed by atoms with Crippen LogP contribution in [0.15, 0.2) is 53.4 Å². The van der Waals surface area contributed by atoms with E-state index < -0.39 is 0 Å². The second kappa shape index (κ2) is 8.71. The lowest BCUT2D eigenvalue weighted by Crippen LogP contribution is -2.14. The zero-order valence-corrected chi connectivity index (χ0v) is 16.8. The summed E-state index contributed by atoms with van der Waals surface area (Å²) in [4.78, 5) is 13.6. The van der Waals surface area contributed by atoms with E-state index in [2.05, 4.69) is 25.4 Å². The first-order valence-electron chi connectivity index (χ1n) is 9.79. The highest BCUT2D eigenvalue weighted by Crippen LogP contribution is 2.22. The molecule has 29 heavy (non-hydrogen) atoms. The first kappa shape index (κ1) is 19.5. The maximum atomic E-state index is 5.50. The molecular formula is C21H23ClN6O. The zero-order chi connectivity index (χ0) is 18.8. The summed E-state index contributed by atoms with van der Waals surface area (Å²) in [5.41, 5.74) is 2.83. The standard InChI is InChI=1S/C21H22N6O.ClH/c1-2-6-18-17(5-1)24-14-27(18)19-8-7-16(13-23-19)21-25-20(28-26-21)12-15-4-3-10-22-11-9-15;/h1-2,5-8,13-15,22H,3-4,9-12H2;1H. The van der Waals surface area contributed by atoms with Gasteiger partial charge in [-0.05, 0) is 62.5 Å². The molecule has 0 bridgehead atoms. The van der Waals surface area contributed by atoms with E-state index in [9.17, 15) is 0 Å². The largest absolute Gasteiger partial charge is 0.339 e. The van der Waals surface area contributed by atoms with Crippen molar-refractivity contribution in [2.24, 2.45) is 5.92 Å². The van der Waals surface area contributed by atoms with Crippen molar-refractivity contribution in [2.75, 3.05) is 13.1 Å². The normalized spacial score (nSPS) is 17.0. The third-order valence-electron chi connectivity index (χ3n) is 5.33. The van der Waals surface area contributed by atoms with E-state index in [-0.39, 0.29) is 12.4 Å². The summed E-state index contributed by atoms with van der Waals surface area (Å²) < 4.78 is 7.47. The Kier molecular flexibility index (Phi) is 5.87. The Labute approximate surface area is 175 Å². The topological polar surface area (TPSA) is 81.7 Å². The van der Waals surface area contributed by atoms with Crippen LogP contribution >= 0.6 is 12.4 Å². The van der Waals surface area contributed by atoms with Gasteiger partial charge in [0.1, 0.15) is 12.1 Å². The number of benzene rings is 1. The highest BCUT2D eigenvalue weighted by molar-refractivity contribution is 5.85. The summed E-state index contributed by atoms with van der Waals surface area (Å²) in [6.45, 7) is 2.18. The van der Waals surface area contributed by atoms with Gasteiger partial charge in [-0.3, -0.25) is 4.57 Å². The highest BCUT2D eigenvalue weighted by Gasteiger charge is 2.17. The third-order valence-corrected chi connectivity index (χ3v) is 5.33. The molecular weight excluding hydrogens is 388 g/mol. The Morgan fingerprint density at radius 1 is 1.07 bits per heavy atom. The molecule has 3 aromatic heterocycles. The molecule has 0 radical (unpaired) electrons. The van der Waals surface area contributed by atoms with E-state index in [1.807, 2.05) is 41.0 Å². The van der Waals surface area contributed by atoms with Gasteiger partial charge < -0.3 is 9.84 Å². The molecule has 4 heterocycles. The summed E-state index contributed by atoms with van der Waals surface area (Å²) in [6.07, 6.45) is 8.00. The molecule has 1 N–H and O–H groups in total. The number of nitrogens with one attached hydrogen (secondary N) is 1. The van der Waals surface area contributed by atoms with Crippen molar-refractivity contribution in [1.29, 1.82) is 0 Å². The minimum atomic E-state index is 0. The third kappa shape index (κ3) is 4.16. The fourth-order valence-corrected chi connectivity index (χ4v) is 3.80. The lowest BCUT2D eigenvalue weighted by Gasteiger charge is -2.09. The number of imidazole rings is 1. The zero-order valence-electron chi connectivity index (χ0n) is 16.0. The number of para-hydroxylation sites is 2. The van der Waals surface area contributed by atoms with Crippen molar-refractivity contribution >= 4 is 23.4 Å². The minimum Gasteiger partial charge on any atom is -0.339 e. The number of fused-ring (bicyclic) bond motifs is 1. The van der Waals surface area contributed by atoms with Crippen molar-refractivity contribution in [3.8, 4) is 17.2 Å². The molecule has 1 aromatic carbocycles. The Morgan fingerprint density at radius 3 is 2.90 bits per heavy atom. The predicted molar refractivity (Wildman–Crippen MR) is 113 cm³/mol. The number of nitrogens with zero attached hydrogens (tertiary/aromatic N) is 5. The molecule has 0 aliphatic carbocycles. The van der Waals surface area contributed by atoms with Crippen LogP contribution in [0.2, 0.25) is 0 Å². The van der Waals surface area contributed by atoms with Crippen LogP contribution in [-0.2, 0) is 6.42 Å². The summed E-state index contributed by atoms with van der Waals surface area (Å²) in [6, 6.07) is 11.9. The molecule has 1 aliphatic heterocycles. The fourth-order valence-electron chi connectivity index (χ4n) is 3.80. The first-order chi connectivity index (χ1) is 13.9. The molecule has 1 saturated heterocycles. The van der Waals surface area contributed by atoms with Crippen LogP contribution in [0.3, 0.4) is 0 Å². The van der Waals surface area contributed by atoms with Gasteiger partial charge in [-0.1, -0.05) is 17.3 Å². The predicted octanol–water partition coefficient (Wildman–Crippen LogP) is 3.82. The Hall–Kier alpha value is -2.77. The van der Waals surface area contributed by atoms with E-state index in [1.165, 1.54) is 12.8 Å². The summed E-state index contributed by atoms with van der Waals surface area (Å²) in [5.74, 6) is 2.73. The van der Waals surface area contributed by atoms with Gasteiger partial charge in [-0.15, -0.1) is 12.4 Å². The Bertz CT molecular complexity index is 1070. The van der Waals surface area contributed by atoms with Crippen molar-refractivity contribution < 1.29 is 4.52 Å². The molecule has 7 nitrogen and oxygen atoms in total. The van der Waals surface area contributed by atoms with Crippen LogP contribution in [0.5, 0.6) is 0 Å². The smallest absolute Gasteiger partial charge is 0.227 e. The highest BCUT2D eigenvalue weighted by atomic mass is 35.5. The average molecular weight is 411 g/mol. The van der Waals surface area contributed by atoms with Crippen LogP contribution in [-0.4, -0.2) is 37.8 Å². The molecule has 0 saturated carbocycles. The molecule has 150 valence electrons. The molecule has 1 fully saturated rings. The second-order valence-corrected chi connectivity index (χ2v) is 7.27. The van der Waals surface area contributed by atoms with Crippen molar-refractivity contribution in [3.05, 3.63) is 54.8 Å². The van der Waals surface area contributed by atoms with Crippen LogP contribution < -0.4 is 5.32 Å². The van der Waals surface area contributed by atoms with Gasteiger partial charge in [0.2, 0.25) is 11.7 Å². The van der Waals surface area contributed by atoms with E-state index in [0.29, 0.717) is 17.6 Å². The second-order valence-electron chi connectivity index (χ2n) is 7.27. The molecule has 1 unspecified atom stereocenters. The van der Waals surface area contributed by atoms with Crippen molar-refractivity contribution in [3.63, 3.8) is 0 Å². The SMILES string of the molecule is Cl.c1ccc2c(c1)ncn2-c1ccc(-c2noc(CC3CCCNCC3)n2)cn1. The quantitative estimate of drug-likeness (QED) is 0.550. The number of aromatic nitrogens is 5. The summed E-state index contributed by atoms with van der Waals surface area (Å²) in [7, 11) is 0. The monoisotopic (exact) mass is 410 g/mol. The number of halogens is 1. The molecule has 8 heteroatoms. The van der Waals surface area contributed by atoms with E-state index in [4.69, 9.17) is 4.52 Å². The van der Waals surface area contributed by atoms with Gasteiger partial charge >= 0.3 is 0 Å². The first-order valence-corrected chi connectivity index (χ1v) is 9.79. The summed E-state index contributed by atoms with van der Waals surface area (Å²) >= 11 is 0. The number of hydrogen-bond donors (Lipinski definition) is 1. The maximum absolute atomic E-state index is 5.50. The average Bonchev–Trinajstić information content (AvgIpc) is 3.29. The number of pyridine rings is 1. The molecule has 4 aromatic rings. The molecule has 0 spiro atoms. The molecule has 1 atom stereocenters. The molecule has 5 rings (SSSR count). The van der Waals surface area contributed by atoms with E-state index in [1.54, 1.807) is 12.5 Å². The molecule has 0 amide bonds. The lowest BCUT2D eigenvalue weighted by atomic mass is 9.97. The number of rotatable bonds is 4. The van der Waals surface area contributed by atoms with Crippen LogP contribution in [0.25, 0.3) is 28.2 Å². The maximum Gasteiger partial charge on any atom is 0.227 e.